The van der Waals surface area contributed by atoms with Crippen molar-refractivity contribution in [1.29, 1.82) is 0 Å². The number of halogens is 2. The minimum Gasteiger partial charge on any atom is -0.444 e. The van der Waals surface area contributed by atoms with Crippen LogP contribution in [0.5, 0.6) is 5.75 Å². The molecule has 1 atom stereocenters. The normalized spacial score (nSPS) is 19.0. The van der Waals surface area contributed by atoms with E-state index in [1.165, 1.54) is 6.07 Å². The molecule has 1 unspecified atom stereocenters. The van der Waals surface area contributed by atoms with Crippen molar-refractivity contribution in [3.63, 3.8) is 0 Å². The third kappa shape index (κ3) is 4.10. The van der Waals surface area contributed by atoms with Crippen LogP contribution in [0.3, 0.4) is 0 Å². The first kappa shape index (κ1) is 16.9. The highest BCUT2D eigenvalue weighted by Crippen LogP contribution is 2.27. The molecule has 1 aliphatic rings. The van der Waals surface area contributed by atoms with Crippen LogP contribution in [0.4, 0.5) is 8.78 Å². The average molecular weight is 338 g/mol. The molecule has 24 heavy (non-hydrogen) atoms. The second-order valence-electron chi connectivity index (χ2n) is 5.79. The summed E-state index contributed by atoms with van der Waals surface area (Å²) in [5.41, 5.74) is 1.71. The van der Waals surface area contributed by atoms with Crippen molar-refractivity contribution in [2.75, 3.05) is 19.7 Å². The van der Waals surface area contributed by atoms with Crippen LogP contribution in [-0.4, -0.2) is 36.2 Å². The van der Waals surface area contributed by atoms with Gasteiger partial charge < -0.3 is 13.9 Å². The average Bonchev–Trinajstić information content (AvgIpc) is 2.85. The Labute approximate surface area is 139 Å². The monoisotopic (exact) mass is 338 g/mol. The highest BCUT2D eigenvalue weighted by atomic mass is 19.3. The molecule has 0 aliphatic carbocycles. The molecule has 0 radical (unpaired) electrons. The van der Waals surface area contributed by atoms with Gasteiger partial charge in [-0.1, -0.05) is 12.1 Å². The summed E-state index contributed by atoms with van der Waals surface area (Å²) in [5, 5.41) is 0. The minimum absolute atomic E-state index is 0.141. The van der Waals surface area contributed by atoms with Gasteiger partial charge in [-0.2, -0.15) is 8.78 Å². The van der Waals surface area contributed by atoms with Crippen molar-refractivity contribution in [2.24, 2.45) is 0 Å². The van der Waals surface area contributed by atoms with E-state index in [4.69, 9.17) is 9.15 Å². The van der Waals surface area contributed by atoms with Gasteiger partial charge in [0.1, 0.15) is 11.5 Å². The van der Waals surface area contributed by atoms with E-state index in [1.807, 2.05) is 19.9 Å². The molecule has 1 saturated heterocycles. The first-order valence-corrected chi connectivity index (χ1v) is 7.83. The lowest BCUT2D eigenvalue weighted by molar-refractivity contribution is -0.0510. The second-order valence-corrected chi connectivity index (χ2v) is 5.79. The second kappa shape index (κ2) is 7.27. The summed E-state index contributed by atoms with van der Waals surface area (Å²) >= 11 is 0. The van der Waals surface area contributed by atoms with Crippen LogP contribution >= 0.6 is 0 Å². The minimum atomic E-state index is -2.83. The molecule has 2 heterocycles. The molecule has 1 aromatic heterocycles. The molecule has 3 rings (SSSR count). The van der Waals surface area contributed by atoms with E-state index in [2.05, 4.69) is 14.6 Å². The fourth-order valence-corrected chi connectivity index (χ4v) is 2.74. The maximum atomic E-state index is 12.4. The summed E-state index contributed by atoms with van der Waals surface area (Å²) in [5.74, 6) is 1.65. The molecular weight excluding hydrogens is 318 g/mol. The summed E-state index contributed by atoms with van der Waals surface area (Å²) in [4.78, 5) is 6.58. The van der Waals surface area contributed by atoms with E-state index in [-0.39, 0.29) is 11.9 Å². The van der Waals surface area contributed by atoms with Crippen molar-refractivity contribution in [2.45, 2.75) is 33.1 Å². The van der Waals surface area contributed by atoms with E-state index in [0.717, 1.165) is 23.6 Å². The van der Waals surface area contributed by atoms with E-state index in [0.29, 0.717) is 25.6 Å². The van der Waals surface area contributed by atoms with Crippen molar-refractivity contribution >= 4 is 0 Å². The molecule has 0 bridgehead atoms. The van der Waals surface area contributed by atoms with Gasteiger partial charge in [-0.15, -0.1) is 0 Å². The van der Waals surface area contributed by atoms with Gasteiger partial charge in [0.05, 0.1) is 24.9 Å². The quantitative estimate of drug-likeness (QED) is 0.835. The molecule has 5 nitrogen and oxygen atoms in total. The first-order valence-electron chi connectivity index (χ1n) is 7.83. The van der Waals surface area contributed by atoms with Gasteiger partial charge in [0, 0.05) is 13.1 Å². The zero-order valence-electron chi connectivity index (χ0n) is 13.7. The standard InChI is InChI=1S/C17H20F2N2O3/c1-11-12(2)23-16(20-11)10-21-6-7-22-15(9-21)13-4-3-5-14(8-13)24-17(18)19/h3-5,8,15,17H,6-7,9-10H2,1-2H3. The zero-order chi connectivity index (χ0) is 17.1. The fraction of sp³-hybridized carbons (Fsp3) is 0.471. The number of hydrogen-bond acceptors (Lipinski definition) is 5. The van der Waals surface area contributed by atoms with Crippen molar-refractivity contribution in [3.8, 4) is 5.75 Å². The largest absolute Gasteiger partial charge is 0.444 e. The molecule has 2 aromatic rings. The molecular formula is C17H20F2N2O3. The van der Waals surface area contributed by atoms with Gasteiger partial charge in [-0.05, 0) is 31.5 Å². The maximum Gasteiger partial charge on any atom is 0.387 e. The predicted octanol–water partition coefficient (Wildman–Crippen LogP) is 3.47. The highest BCUT2D eigenvalue weighted by Gasteiger charge is 2.24. The van der Waals surface area contributed by atoms with Crippen molar-refractivity contribution < 1.29 is 22.7 Å². The van der Waals surface area contributed by atoms with Gasteiger partial charge in [0.15, 0.2) is 0 Å². The molecule has 7 heteroatoms. The molecule has 130 valence electrons. The molecule has 0 N–H and O–H groups in total. The Bertz CT molecular complexity index is 671. The number of aromatic nitrogens is 1. The Morgan fingerprint density at radius 2 is 2.21 bits per heavy atom. The van der Waals surface area contributed by atoms with Gasteiger partial charge in [0.25, 0.3) is 0 Å². The number of rotatable bonds is 5. The van der Waals surface area contributed by atoms with E-state index in [1.54, 1.807) is 12.1 Å². The van der Waals surface area contributed by atoms with Crippen molar-refractivity contribution in [1.82, 2.24) is 9.88 Å². The smallest absolute Gasteiger partial charge is 0.387 e. The van der Waals surface area contributed by atoms with Gasteiger partial charge in [-0.3, -0.25) is 4.90 Å². The molecule has 1 aromatic carbocycles. The number of oxazole rings is 1. The third-order valence-corrected chi connectivity index (χ3v) is 4.04. The van der Waals surface area contributed by atoms with Crippen LogP contribution < -0.4 is 4.74 Å². The predicted molar refractivity (Wildman–Crippen MR) is 83.0 cm³/mol. The van der Waals surface area contributed by atoms with Crippen molar-refractivity contribution in [3.05, 3.63) is 47.2 Å². The van der Waals surface area contributed by atoms with Crippen LogP contribution in [0.25, 0.3) is 0 Å². The third-order valence-electron chi connectivity index (χ3n) is 4.04. The van der Waals surface area contributed by atoms with E-state index < -0.39 is 6.61 Å². The first-order chi connectivity index (χ1) is 11.5. The molecule has 0 saturated carbocycles. The zero-order valence-corrected chi connectivity index (χ0v) is 13.7. The summed E-state index contributed by atoms with van der Waals surface area (Å²) in [6.07, 6.45) is -0.197. The van der Waals surface area contributed by atoms with Crippen LogP contribution in [0.1, 0.15) is 29.0 Å². The maximum absolute atomic E-state index is 12.4. The van der Waals surface area contributed by atoms with E-state index in [9.17, 15) is 8.78 Å². The Balaban J connectivity index is 1.66. The Morgan fingerprint density at radius 3 is 2.92 bits per heavy atom. The van der Waals surface area contributed by atoms with Gasteiger partial charge in [0.2, 0.25) is 5.89 Å². The lowest BCUT2D eigenvalue weighted by atomic mass is 10.1. The lowest BCUT2D eigenvalue weighted by Crippen LogP contribution is -2.37. The van der Waals surface area contributed by atoms with Gasteiger partial charge in [-0.25, -0.2) is 4.98 Å². The fourth-order valence-electron chi connectivity index (χ4n) is 2.74. The summed E-state index contributed by atoms with van der Waals surface area (Å²) in [7, 11) is 0. The van der Waals surface area contributed by atoms with Crippen LogP contribution in [0.2, 0.25) is 0 Å². The molecule has 0 spiro atoms. The van der Waals surface area contributed by atoms with E-state index >= 15 is 0 Å². The summed E-state index contributed by atoms with van der Waals surface area (Å²) in [6, 6.07) is 6.65. The Kier molecular flexibility index (Phi) is 5.11. The van der Waals surface area contributed by atoms with Crippen LogP contribution in [0, 0.1) is 13.8 Å². The molecule has 0 amide bonds. The molecule has 1 fully saturated rings. The number of aryl methyl sites for hydroxylation is 2. The Morgan fingerprint density at radius 1 is 1.38 bits per heavy atom. The number of morpholine rings is 1. The lowest BCUT2D eigenvalue weighted by Gasteiger charge is -2.32. The number of ether oxygens (including phenoxy) is 2. The number of nitrogens with zero attached hydrogens (tertiary/aromatic N) is 2. The molecule has 1 aliphatic heterocycles. The van der Waals surface area contributed by atoms with Gasteiger partial charge >= 0.3 is 6.61 Å². The number of hydrogen-bond donors (Lipinski definition) is 0. The number of benzene rings is 1. The summed E-state index contributed by atoms with van der Waals surface area (Å²) < 4.78 is 40.6. The number of alkyl halides is 2. The van der Waals surface area contributed by atoms with Crippen LogP contribution in [0.15, 0.2) is 28.7 Å². The SMILES string of the molecule is Cc1nc(CN2CCOC(c3cccc(OC(F)F)c3)C2)oc1C. The highest BCUT2D eigenvalue weighted by molar-refractivity contribution is 5.30. The van der Waals surface area contributed by atoms with Crippen LogP contribution in [-0.2, 0) is 11.3 Å². The topological polar surface area (TPSA) is 47.7 Å². The summed E-state index contributed by atoms with van der Waals surface area (Å²) in [6.45, 7) is 3.54. The Hall–Kier alpha value is -1.99.